The van der Waals surface area contributed by atoms with Gasteiger partial charge in [0.15, 0.2) is 0 Å². The van der Waals surface area contributed by atoms with Crippen LogP contribution in [0.4, 0.5) is 0 Å². The van der Waals surface area contributed by atoms with Crippen molar-refractivity contribution in [2.75, 3.05) is 0 Å². The summed E-state index contributed by atoms with van der Waals surface area (Å²) in [6, 6.07) is 0. The van der Waals surface area contributed by atoms with E-state index in [-0.39, 0.29) is 0 Å². The molecule has 0 atom stereocenters. The molecule has 0 heterocycles. The fraction of sp³-hybridized carbons (Fsp3) is 0. The molecule has 9 heavy (non-hydrogen) atoms. The first-order valence-corrected chi connectivity index (χ1v) is 2.30. The van der Waals surface area contributed by atoms with E-state index in [2.05, 4.69) is 17.4 Å². The number of nitrogens with two attached hydrogens (primary N) is 3. The van der Waals surface area contributed by atoms with Crippen molar-refractivity contribution >= 4 is 0 Å². The molecule has 5 nitrogen and oxygen atoms in total. The normalized spacial score (nSPS) is 7.78. The molecule has 5 heteroatoms. The lowest BCUT2D eigenvalue weighted by Crippen LogP contribution is -2.35. The Kier molecular flexibility index (Phi) is 3.26. The van der Waals surface area contributed by atoms with Gasteiger partial charge in [-0.1, -0.05) is 6.58 Å². The number of allylic oxidation sites excluding steroid dienone is 1. The van der Waals surface area contributed by atoms with Crippen LogP contribution in [-0.2, 0) is 0 Å². The maximum Gasteiger partial charge on any atom is 0.129 e. The van der Waals surface area contributed by atoms with Gasteiger partial charge in [0.05, 0.1) is 0 Å². The van der Waals surface area contributed by atoms with Crippen LogP contribution in [0.5, 0.6) is 0 Å². The topological polar surface area (TPSA) is 102 Å². The average molecular weight is 129 g/mol. The van der Waals surface area contributed by atoms with E-state index in [1.807, 2.05) is 0 Å². The smallest absolute Gasteiger partial charge is 0.129 e. The second-order valence-corrected chi connectivity index (χ2v) is 1.42. The van der Waals surface area contributed by atoms with Crippen molar-refractivity contribution in [1.82, 2.24) is 10.9 Å². The van der Waals surface area contributed by atoms with Crippen LogP contribution in [0.25, 0.3) is 0 Å². The van der Waals surface area contributed by atoms with Gasteiger partial charge in [-0.2, -0.15) is 0 Å². The number of hydrogen-bond donors (Lipinski definition) is 5. The molecule has 0 amide bonds. The van der Waals surface area contributed by atoms with Crippen molar-refractivity contribution in [2.45, 2.75) is 0 Å². The van der Waals surface area contributed by atoms with Crippen molar-refractivity contribution in [1.29, 1.82) is 0 Å². The summed E-state index contributed by atoms with van der Waals surface area (Å²) < 4.78 is 0. The molecule has 0 saturated heterocycles. The van der Waals surface area contributed by atoms with Crippen LogP contribution in [0.15, 0.2) is 24.2 Å². The first kappa shape index (κ1) is 7.80. The van der Waals surface area contributed by atoms with Crippen LogP contribution < -0.4 is 28.3 Å². The summed E-state index contributed by atoms with van der Waals surface area (Å²) in [6.07, 6.45) is 1.47. The summed E-state index contributed by atoms with van der Waals surface area (Å²) in [5.74, 6) is 10.4. The molecule has 0 radical (unpaired) electrons. The molecule has 0 aromatic rings. The van der Waals surface area contributed by atoms with Gasteiger partial charge in [0.25, 0.3) is 0 Å². The molecule has 0 unspecified atom stereocenters. The zero-order valence-corrected chi connectivity index (χ0v) is 5.02. The van der Waals surface area contributed by atoms with Gasteiger partial charge in [0.2, 0.25) is 0 Å². The lowest BCUT2D eigenvalue weighted by Gasteiger charge is -2.03. The summed E-state index contributed by atoms with van der Waals surface area (Å²) in [7, 11) is 0. The molecule has 0 spiro atoms. The zero-order chi connectivity index (χ0) is 7.28. The second kappa shape index (κ2) is 3.76. The highest BCUT2D eigenvalue weighted by Crippen LogP contribution is 1.82. The van der Waals surface area contributed by atoms with Gasteiger partial charge in [0, 0.05) is 11.8 Å². The largest absolute Gasteiger partial charge is 0.399 e. The fourth-order valence-electron chi connectivity index (χ4n) is 0.310. The van der Waals surface area contributed by atoms with Gasteiger partial charge in [-0.3, -0.25) is 0 Å². The van der Waals surface area contributed by atoms with Gasteiger partial charge in [-0.15, -0.1) is 0 Å². The van der Waals surface area contributed by atoms with Gasteiger partial charge in [-0.25, -0.2) is 11.7 Å². The number of rotatable bonds is 3. The third kappa shape index (κ3) is 3.39. The molecular formula is C4H11N5. The third-order valence-electron chi connectivity index (χ3n) is 0.641. The number of hydrazine groups is 2. The Balaban J connectivity index is 3.91. The highest BCUT2D eigenvalue weighted by molar-refractivity contribution is 5.14. The van der Waals surface area contributed by atoms with Crippen LogP contribution in [-0.4, -0.2) is 0 Å². The fourth-order valence-corrected chi connectivity index (χ4v) is 0.310. The Bertz CT molecular complexity index is 121. The first-order valence-electron chi connectivity index (χ1n) is 2.30. The zero-order valence-electron chi connectivity index (χ0n) is 5.02. The molecule has 0 saturated carbocycles. The van der Waals surface area contributed by atoms with Gasteiger partial charge in [-0.05, 0) is 0 Å². The summed E-state index contributed by atoms with van der Waals surface area (Å²) in [5, 5.41) is 0. The summed E-state index contributed by atoms with van der Waals surface area (Å²) >= 11 is 0. The molecule has 52 valence electrons. The van der Waals surface area contributed by atoms with Crippen LogP contribution in [0.1, 0.15) is 0 Å². The van der Waals surface area contributed by atoms with E-state index in [9.17, 15) is 0 Å². The number of hydrogen-bond acceptors (Lipinski definition) is 5. The van der Waals surface area contributed by atoms with E-state index in [1.165, 1.54) is 6.08 Å². The molecule has 0 aliphatic heterocycles. The van der Waals surface area contributed by atoms with E-state index < -0.39 is 0 Å². The lowest BCUT2D eigenvalue weighted by molar-refractivity contribution is 0.736. The standard InChI is InChI=1S/C4H11N5/c1-3(5)2-4(8-6)9-7/h2,8-9H,1,5-7H2. The Labute approximate surface area is 53.5 Å². The minimum absolute atomic E-state index is 0.376. The molecule has 0 aromatic carbocycles. The Hall–Kier alpha value is -1.20. The van der Waals surface area contributed by atoms with E-state index >= 15 is 0 Å². The van der Waals surface area contributed by atoms with Gasteiger partial charge in [0.1, 0.15) is 5.82 Å². The predicted molar refractivity (Wildman–Crippen MR) is 36.1 cm³/mol. The molecule has 0 aliphatic carbocycles. The maximum absolute atomic E-state index is 5.18. The van der Waals surface area contributed by atoms with Crippen molar-refractivity contribution in [3.05, 3.63) is 24.2 Å². The Morgan fingerprint density at radius 1 is 1.33 bits per heavy atom. The minimum Gasteiger partial charge on any atom is -0.399 e. The third-order valence-corrected chi connectivity index (χ3v) is 0.641. The Morgan fingerprint density at radius 2 is 1.78 bits per heavy atom. The highest BCUT2D eigenvalue weighted by atomic mass is 15.4. The molecule has 8 N–H and O–H groups in total. The Morgan fingerprint density at radius 3 is 1.89 bits per heavy atom. The molecule has 0 aliphatic rings. The van der Waals surface area contributed by atoms with E-state index in [0.29, 0.717) is 11.5 Å². The first-order chi connectivity index (χ1) is 4.20. The highest BCUT2D eigenvalue weighted by Gasteiger charge is 1.85. The predicted octanol–water partition coefficient (Wildman–Crippen LogP) is -1.77. The SMILES string of the molecule is C=C(N)C=C(NN)NN. The quantitative estimate of drug-likeness (QED) is 0.176. The maximum atomic E-state index is 5.18. The molecule has 0 aromatic heterocycles. The average Bonchev–Trinajstić information content (AvgIpc) is 1.82. The second-order valence-electron chi connectivity index (χ2n) is 1.42. The van der Waals surface area contributed by atoms with Crippen molar-refractivity contribution in [3.8, 4) is 0 Å². The van der Waals surface area contributed by atoms with Crippen molar-refractivity contribution < 1.29 is 0 Å². The lowest BCUT2D eigenvalue weighted by atomic mass is 10.4. The molecule has 0 rings (SSSR count). The van der Waals surface area contributed by atoms with Crippen molar-refractivity contribution in [2.24, 2.45) is 17.4 Å². The molecule has 0 bridgehead atoms. The summed E-state index contributed by atoms with van der Waals surface area (Å²) in [5.41, 5.74) is 10.1. The van der Waals surface area contributed by atoms with E-state index in [0.717, 1.165) is 0 Å². The van der Waals surface area contributed by atoms with Crippen LogP contribution >= 0.6 is 0 Å². The van der Waals surface area contributed by atoms with Crippen LogP contribution in [0, 0.1) is 0 Å². The minimum atomic E-state index is 0.376. The van der Waals surface area contributed by atoms with Crippen molar-refractivity contribution in [3.63, 3.8) is 0 Å². The monoisotopic (exact) mass is 129 g/mol. The molecular weight excluding hydrogens is 118 g/mol. The summed E-state index contributed by atoms with van der Waals surface area (Å²) in [4.78, 5) is 0. The molecule has 0 fully saturated rings. The number of nitrogens with one attached hydrogen (secondary N) is 2. The van der Waals surface area contributed by atoms with Gasteiger partial charge >= 0.3 is 0 Å². The van der Waals surface area contributed by atoms with Gasteiger partial charge < -0.3 is 16.6 Å². The van der Waals surface area contributed by atoms with E-state index in [4.69, 9.17) is 17.4 Å². The van der Waals surface area contributed by atoms with Crippen LogP contribution in [0.3, 0.4) is 0 Å². The van der Waals surface area contributed by atoms with E-state index in [1.54, 1.807) is 0 Å². The summed E-state index contributed by atoms with van der Waals surface area (Å²) in [6.45, 7) is 3.40. The van der Waals surface area contributed by atoms with Crippen LogP contribution in [0.2, 0.25) is 0 Å².